The van der Waals surface area contributed by atoms with Crippen LogP contribution in [0.25, 0.3) is 10.8 Å². The van der Waals surface area contributed by atoms with Crippen molar-refractivity contribution in [2.24, 2.45) is 0 Å². The highest BCUT2D eigenvalue weighted by Gasteiger charge is 2.05. The molecule has 0 radical (unpaired) electrons. The van der Waals surface area contributed by atoms with Gasteiger partial charge in [-0.2, -0.15) is 0 Å². The van der Waals surface area contributed by atoms with Crippen molar-refractivity contribution in [2.45, 2.75) is 13.2 Å². The SMILES string of the molecule is OCc1cnnn1Cc1cccc2ccccc12. The fourth-order valence-electron chi connectivity index (χ4n) is 2.13. The van der Waals surface area contributed by atoms with Crippen LogP contribution in [0.2, 0.25) is 0 Å². The summed E-state index contributed by atoms with van der Waals surface area (Å²) < 4.78 is 1.72. The van der Waals surface area contributed by atoms with Crippen LogP contribution in [0, 0.1) is 0 Å². The molecule has 1 heterocycles. The molecule has 1 N–H and O–H groups in total. The van der Waals surface area contributed by atoms with Gasteiger partial charge in [0.15, 0.2) is 0 Å². The van der Waals surface area contributed by atoms with Crippen molar-refractivity contribution in [3.8, 4) is 0 Å². The van der Waals surface area contributed by atoms with Gasteiger partial charge < -0.3 is 5.11 Å². The van der Waals surface area contributed by atoms with Gasteiger partial charge in [-0.25, -0.2) is 4.68 Å². The molecule has 0 unspecified atom stereocenters. The van der Waals surface area contributed by atoms with Crippen LogP contribution in [0.5, 0.6) is 0 Å². The first kappa shape index (κ1) is 10.9. The van der Waals surface area contributed by atoms with Gasteiger partial charge in [0.05, 0.1) is 25.0 Å². The summed E-state index contributed by atoms with van der Waals surface area (Å²) in [5, 5.41) is 19.4. The van der Waals surface area contributed by atoms with Crippen molar-refractivity contribution in [1.29, 1.82) is 0 Å². The van der Waals surface area contributed by atoms with Crippen molar-refractivity contribution < 1.29 is 5.11 Å². The maximum absolute atomic E-state index is 9.20. The van der Waals surface area contributed by atoms with Gasteiger partial charge in [-0.05, 0) is 16.3 Å². The molecule has 18 heavy (non-hydrogen) atoms. The molecule has 4 nitrogen and oxygen atoms in total. The van der Waals surface area contributed by atoms with Crippen molar-refractivity contribution in [2.75, 3.05) is 0 Å². The van der Waals surface area contributed by atoms with E-state index in [1.807, 2.05) is 18.2 Å². The summed E-state index contributed by atoms with van der Waals surface area (Å²) in [6, 6.07) is 14.4. The quantitative estimate of drug-likeness (QED) is 0.760. The second kappa shape index (κ2) is 4.58. The van der Waals surface area contributed by atoms with Crippen molar-refractivity contribution in [1.82, 2.24) is 15.0 Å². The maximum atomic E-state index is 9.20. The Morgan fingerprint density at radius 1 is 1.06 bits per heavy atom. The second-order valence-corrected chi connectivity index (χ2v) is 4.18. The lowest BCUT2D eigenvalue weighted by Gasteiger charge is -2.08. The van der Waals surface area contributed by atoms with Gasteiger partial charge in [-0.1, -0.05) is 47.7 Å². The molecule has 4 heteroatoms. The molecule has 0 aliphatic heterocycles. The summed E-state index contributed by atoms with van der Waals surface area (Å²) in [5.74, 6) is 0. The number of aliphatic hydroxyl groups excluding tert-OH is 1. The second-order valence-electron chi connectivity index (χ2n) is 4.18. The Morgan fingerprint density at radius 2 is 1.89 bits per heavy atom. The third-order valence-corrected chi connectivity index (χ3v) is 3.06. The maximum Gasteiger partial charge on any atom is 0.0866 e. The first-order valence-electron chi connectivity index (χ1n) is 5.83. The van der Waals surface area contributed by atoms with E-state index >= 15 is 0 Å². The number of hydrogen-bond acceptors (Lipinski definition) is 3. The van der Waals surface area contributed by atoms with Gasteiger partial charge in [-0.15, -0.1) is 5.10 Å². The van der Waals surface area contributed by atoms with Gasteiger partial charge in [0.2, 0.25) is 0 Å². The number of benzene rings is 2. The number of rotatable bonds is 3. The molecule has 0 saturated carbocycles. The summed E-state index contributed by atoms with van der Waals surface area (Å²) in [5.41, 5.74) is 1.90. The van der Waals surface area contributed by atoms with Crippen molar-refractivity contribution >= 4 is 10.8 Å². The number of aromatic nitrogens is 3. The van der Waals surface area contributed by atoms with E-state index in [-0.39, 0.29) is 6.61 Å². The van der Waals surface area contributed by atoms with E-state index in [9.17, 15) is 5.11 Å². The van der Waals surface area contributed by atoms with Crippen LogP contribution in [0.3, 0.4) is 0 Å². The highest BCUT2D eigenvalue weighted by Crippen LogP contribution is 2.19. The van der Waals surface area contributed by atoms with E-state index in [1.54, 1.807) is 10.9 Å². The van der Waals surface area contributed by atoms with Crippen molar-refractivity contribution in [3.05, 3.63) is 59.9 Å². The summed E-state index contributed by atoms with van der Waals surface area (Å²) >= 11 is 0. The van der Waals surface area contributed by atoms with Crippen LogP contribution in [-0.4, -0.2) is 20.1 Å². The van der Waals surface area contributed by atoms with Crippen LogP contribution < -0.4 is 0 Å². The van der Waals surface area contributed by atoms with Gasteiger partial charge in [0.1, 0.15) is 0 Å². The highest BCUT2D eigenvalue weighted by molar-refractivity contribution is 5.85. The Kier molecular flexibility index (Phi) is 2.78. The third kappa shape index (κ3) is 1.87. The molecule has 0 fully saturated rings. The van der Waals surface area contributed by atoms with E-state index in [4.69, 9.17) is 0 Å². The predicted molar refractivity (Wildman–Crippen MR) is 69.0 cm³/mol. The number of hydrogen-bond donors (Lipinski definition) is 1. The van der Waals surface area contributed by atoms with E-state index in [2.05, 4.69) is 34.6 Å². The molecule has 3 rings (SSSR count). The Hall–Kier alpha value is -2.20. The van der Waals surface area contributed by atoms with Gasteiger partial charge >= 0.3 is 0 Å². The fraction of sp³-hybridized carbons (Fsp3) is 0.143. The summed E-state index contributed by atoms with van der Waals surface area (Å²) in [7, 11) is 0. The van der Waals surface area contributed by atoms with E-state index in [1.165, 1.54) is 16.3 Å². The largest absolute Gasteiger partial charge is 0.390 e. The van der Waals surface area contributed by atoms with Gasteiger partial charge in [0.25, 0.3) is 0 Å². The molecule has 1 aromatic heterocycles. The average Bonchev–Trinajstić information content (AvgIpc) is 2.86. The standard InChI is InChI=1S/C14H13N3O/c18-10-13-8-15-16-17(13)9-12-6-3-5-11-4-1-2-7-14(11)12/h1-8,18H,9-10H2. The first-order chi connectivity index (χ1) is 8.88. The van der Waals surface area contributed by atoms with Crippen molar-refractivity contribution in [3.63, 3.8) is 0 Å². The molecular weight excluding hydrogens is 226 g/mol. The summed E-state index contributed by atoms with van der Waals surface area (Å²) in [6.07, 6.45) is 1.59. The molecule has 0 amide bonds. The zero-order valence-corrected chi connectivity index (χ0v) is 9.82. The predicted octanol–water partition coefficient (Wildman–Crippen LogP) is 1.97. The Balaban J connectivity index is 2.05. The lowest BCUT2D eigenvalue weighted by atomic mass is 10.0. The highest BCUT2D eigenvalue weighted by atomic mass is 16.3. The number of aliphatic hydroxyl groups is 1. The monoisotopic (exact) mass is 239 g/mol. The van der Waals surface area contributed by atoms with Gasteiger partial charge in [0, 0.05) is 0 Å². The zero-order valence-electron chi connectivity index (χ0n) is 9.82. The molecule has 0 aliphatic rings. The third-order valence-electron chi connectivity index (χ3n) is 3.06. The number of fused-ring (bicyclic) bond motifs is 1. The minimum Gasteiger partial charge on any atom is -0.390 e. The molecule has 90 valence electrons. The Bertz CT molecular complexity index is 670. The van der Waals surface area contributed by atoms with Crippen LogP contribution in [0.15, 0.2) is 48.7 Å². The molecule has 2 aromatic carbocycles. The van der Waals surface area contributed by atoms with E-state index in [0.29, 0.717) is 6.54 Å². The topological polar surface area (TPSA) is 50.9 Å². The van der Waals surface area contributed by atoms with Crippen LogP contribution >= 0.6 is 0 Å². The minimum atomic E-state index is -0.0439. The average molecular weight is 239 g/mol. The van der Waals surface area contributed by atoms with Crippen LogP contribution in [0.1, 0.15) is 11.3 Å². The molecule has 0 aliphatic carbocycles. The molecule has 0 atom stereocenters. The van der Waals surface area contributed by atoms with Gasteiger partial charge in [-0.3, -0.25) is 0 Å². The number of nitrogens with zero attached hydrogens (tertiary/aromatic N) is 3. The Morgan fingerprint density at radius 3 is 2.78 bits per heavy atom. The molecule has 3 aromatic rings. The van der Waals surface area contributed by atoms with E-state index < -0.39 is 0 Å². The summed E-state index contributed by atoms with van der Waals surface area (Å²) in [6.45, 7) is 0.578. The first-order valence-corrected chi connectivity index (χ1v) is 5.83. The van der Waals surface area contributed by atoms with E-state index in [0.717, 1.165) is 5.69 Å². The lowest BCUT2D eigenvalue weighted by Crippen LogP contribution is -2.06. The lowest BCUT2D eigenvalue weighted by molar-refractivity contribution is 0.269. The molecule has 0 bridgehead atoms. The van der Waals surface area contributed by atoms with Crippen LogP contribution in [-0.2, 0) is 13.2 Å². The molecular formula is C14H13N3O. The minimum absolute atomic E-state index is 0.0439. The molecule has 0 saturated heterocycles. The zero-order chi connectivity index (χ0) is 12.4. The summed E-state index contributed by atoms with van der Waals surface area (Å²) in [4.78, 5) is 0. The normalized spacial score (nSPS) is 10.9. The fourth-order valence-corrected chi connectivity index (χ4v) is 2.13. The smallest absolute Gasteiger partial charge is 0.0866 e. The van der Waals surface area contributed by atoms with Crippen LogP contribution in [0.4, 0.5) is 0 Å². The Labute approximate surface area is 104 Å². The molecule has 0 spiro atoms.